The first-order chi connectivity index (χ1) is 7.24. The van der Waals surface area contributed by atoms with Gasteiger partial charge in [0.2, 0.25) is 0 Å². The first-order valence-corrected chi connectivity index (χ1v) is 6.41. The van der Waals surface area contributed by atoms with Crippen LogP contribution in [0.25, 0.3) is 0 Å². The Labute approximate surface area is 95.1 Å². The highest BCUT2D eigenvalue weighted by Gasteiger charge is 2.20. The second-order valence-corrected chi connectivity index (χ2v) is 5.58. The Morgan fingerprint density at radius 3 is 2.93 bits per heavy atom. The fourth-order valence-corrected chi connectivity index (χ4v) is 2.90. The largest absolute Gasteiger partial charge is 0.307 e. The van der Waals surface area contributed by atoms with Crippen LogP contribution in [0.5, 0.6) is 0 Å². The number of nitrogens with one attached hydrogen (secondary N) is 1. The quantitative estimate of drug-likeness (QED) is 0.847. The summed E-state index contributed by atoms with van der Waals surface area (Å²) in [6, 6.07) is 0.646. The monoisotopic (exact) mass is 223 g/mol. The van der Waals surface area contributed by atoms with E-state index >= 15 is 0 Å². The lowest BCUT2D eigenvalue weighted by molar-refractivity contribution is 0.532. The van der Waals surface area contributed by atoms with Gasteiger partial charge in [-0.05, 0) is 13.3 Å². The number of nitrogens with zero attached hydrogens (tertiary/aromatic N) is 2. The smallest absolute Gasteiger partial charge is 0.0724 e. The van der Waals surface area contributed by atoms with Gasteiger partial charge in [0.05, 0.1) is 11.4 Å². The zero-order chi connectivity index (χ0) is 10.7. The van der Waals surface area contributed by atoms with Crippen molar-refractivity contribution < 1.29 is 0 Å². The van der Waals surface area contributed by atoms with Gasteiger partial charge in [-0.3, -0.25) is 9.97 Å². The van der Waals surface area contributed by atoms with Crippen molar-refractivity contribution in [3.63, 3.8) is 0 Å². The Hall–Kier alpha value is -0.610. The lowest BCUT2D eigenvalue weighted by Crippen LogP contribution is -2.28. The van der Waals surface area contributed by atoms with Gasteiger partial charge in [0.1, 0.15) is 0 Å². The maximum Gasteiger partial charge on any atom is 0.0724 e. The summed E-state index contributed by atoms with van der Waals surface area (Å²) in [4.78, 5) is 8.56. The highest BCUT2D eigenvalue weighted by atomic mass is 32.2. The van der Waals surface area contributed by atoms with E-state index in [1.54, 1.807) is 0 Å². The van der Waals surface area contributed by atoms with Crippen molar-refractivity contribution >= 4 is 11.8 Å². The molecule has 3 nitrogen and oxygen atoms in total. The summed E-state index contributed by atoms with van der Waals surface area (Å²) < 4.78 is 0. The molecule has 2 rings (SSSR count). The fourth-order valence-electron chi connectivity index (χ4n) is 1.72. The molecule has 2 unspecified atom stereocenters. The Bertz CT molecular complexity index is 312. The first-order valence-electron chi connectivity index (χ1n) is 5.36. The standard InChI is InChI=1S/C11H17N3S/c1-8-4-13-11(5-12-8)6-14-10-3-9(2)15-7-10/h4-5,9-10,14H,3,6-7H2,1-2H3. The van der Waals surface area contributed by atoms with Crippen LogP contribution < -0.4 is 5.32 Å². The molecule has 82 valence electrons. The molecule has 0 radical (unpaired) electrons. The molecule has 1 saturated heterocycles. The zero-order valence-corrected chi connectivity index (χ0v) is 10.0. The van der Waals surface area contributed by atoms with E-state index in [9.17, 15) is 0 Å². The van der Waals surface area contributed by atoms with E-state index in [-0.39, 0.29) is 0 Å². The number of hydrogen-bond acceptors (Lipinski definition) is 4. The summed E-state index contributed by atoms with van der Waals surface area (Å²) in [7, 11) is 0. The van der Waals surface area contributed by atoms with Crippen molar-refractivity contribution in [2.75, 3.05) is 5.75 Å². The van der Waals surface area contributed by atoms with Crippen LogP contribution in [0.2, 0.25) is 0 Å². The summed E-state index contributed by atoms with van der Waals surface area (Å²) in [5.41, 5.74) is 2.01. The third kappa shape index (κ3) is 3.18. The predicted octanol–water partition coefficient (Wildman–Crippen LogP) is 1.77. The highest BCUT2D eigenvalue weighted by molar-refractivity contribution is 8.00. The second-order valence-electron chi connectivity index (χ2n) is 4.11. The van der Waals surface area contributed by atoms with Gasteiger partial charge >= 0.3 is 0 Å². The molecule has 1 aromatic heterocycles. The third-order valence-corrected chi connectivity index (χ3v) is 3.96. The van der Waals surface area contributed by atoms with Crippen molar-refractivity contribution in [3.8, 4) is 0 Å². The van der Waals surface area contributed by atoms with Gasteiger partial charge in [0.15, 0.2) is 0 Å². The van der Waals surface area contributed by atoms with Gasteiger partial charge < -0.3 is 5.32 Å². The van der Waals surface area contributed by atoms with Crippen molar-refractivity contribution in [1.29, 1.82) is 0 Å². The number of rotatable bonds is 3. The fraction of sp³-hybridized carbons (Fsp3) is 0.636. The zero-order valence-electron chi connectivity index (χ0n) is 9.23. The minimum absolute atomic E-state index is 0.646. The number of aryl methyl sites for hydroxylation is 1. The molecule has 0 aromatic carbocycles. The molecule has 0 amide bonds. The van der Waals surface area contributed by atoms with Crippen LogP contribution in [0.4, 0.5) is 0 Å². The number of hydrogen-bond donors (Lipinski definition) is 1. The Balaban J connectivity index is 1.80. The van der Waals surface area contributed by atoms with Crippen LogP contribution >= 0.6 is 11.8 Å². The highest BCUT2D eigenvalue weighted by Crippen LogP contribution is 2.25. The minimum Gasteiger partial charge on any atom is -0.307 e. The predicted molar refractivity (Wildman–Crippen MR) is 63.9 cm³/mol. The van der Waals surface area contributed by atoms with Crippen LogP contribution in [0.3, 0.4) is 0 Å². The molecule has 1 aromatic rings. The second kappa shape index (κ2) is 4.94. The van der Waals surface area contributed by atoms with Crippen molar-refractivity contribution in [2.24, 2.45) is 0 Å². The summed E-state index contributed by atoms with van der Waals surface area (Å²) in [6.07, 6.45) is 4.95. The molecular formula is C11H17N3S. The lowest BCUT2D eigenvalue weighted by Gasteiger charge is -2.10. The van der Waals surface area contributed by atoms with Gasteiger partial charge in [0.25, 0.3) is 0 Å². The molecule has 2 atom stereocenters. The molecule has 0 spiro atoms. The number of aromatic nitrogens is 2. The molecule has 0 aliphatic carbocycles. The Morgan fingerprint density at radius 1 is 1.47 bits per heavy atom. The Kier molecular flexibility index (Phi) is 3.59. The molecule has 1 aliphatic rings. The van der Waals surface area contributed by atoms with Crippen LogP contribution in [0, 0.1) is 6.92 Å². The topological polar surface area (TPSA) is 37.8 Å². The average Bonchev–Trinajstić information content (AvgIpc) is 2.64. The van der Waals surface area contributed by atoms with Crippen molar-refractivity contribution in [1.82, 2.24) is 15.3 Å². The van der Waals surface area contributed by atoms with Gasteiger partial charge in [-0.2, -0.15) is 11.8 Å². The van der Waals surface area contributed by atoms with Crippen molar-refractivity contribution in [3.05, 3.63) is 23.8 Å². The van der Waals surface area contributed by atoms with Crippen LogP contribution in [-0.2, 0) is 6.54 Å². The molecule has 1 N–H and O–H groups in total. The van der Waals surface area contributed by atoms with Gasteiger partial charge in [0, 0.05) is 36.0 Å². The maximum atomic E-state index is 4.33. The van der Waals surface area contributed by atoms with Crippen LogP contribution in [-0.4, -0.2) is 27.0 Å². The molecule has 0 saturated carbocycles. The third-order valence-electron chi connectivity index (χ3n) is 2.60. The van der Waals surface area contributed by atoms with E-state index < -0.39 is 0 Å². The normalized spacial score (nSPS) is 25.7. The molecule has 4 heteroatoms. The van der Waals surface area contributed by atoms with Gasteiger partial charge in [-0.25, -0.2) is 0 Å². The SMILES string of the molecule is Cc1cnc(CNC2CSC(C)C2)cn1. The van der Waals surface area contributed by atoms with E-state index in [4.69, 9.17) is 0 Å². The molecule has 15 heavy (non-hydrogen) atoms. The molecule has 0 bridgehead atoms. The van der Waals surface area contributed by atoms with Gasteiger partial charge in [-0.1, -0.05) is 6.92 Å². The minimum atomic E-state index is 0.646. The van der Waals surface area contributed by atoms with E-state index in [0.717, 1.165) is 23.2 Å². The summed E-state index contributed by atoms with van der Waals surface area (Å²) >= 11 is 2.04. The Morgan fingerprint density at radius 2 is 2.33 bits per heavy atom. The van der Waals surface area contributed by atoms with E-state index in [1.165, 1.54) is 12.2 Å². The molecule has 1 aliphatic heterocycles. The van der Waals surface area contributed by atoms with E-state index in [2.05, 4.69) is 22.2 Å². The summed E-state index contributed by atoms with van der Waals surface area (Å²) in [6.45, 7) is 5.09. The lowest BCUT2D eigenvalue weighted by atomic mass is 10.2. The summed E-state index contributed by atoms with van der Waals surface area (Å²) in [5.74, 6) is 1.22. The number of thioether (sulfide) groups is 1. The van der Waals surface area contributed by atoms with Crippen LogP contribution in [0.15, 0.2) is 12.4 Å². The van der Waals surface area contributed by atoms with Crippen LogP contribution in [0.1, 0.15) is 24.7 Å². The molecule has 2 heterocycles. The van der Waals surface area contributed by atoms with E-state index in [1.807, 2.05) is 31.1 Å². The van der Waals surface area contributed by atoms with Gasteiger partial charge in [-0.15, -0.1) is 0 Å². The molecular weight excluding hydrogens is 206 g/mol. The maximum absolute atomic E-state index is 4.33. The molecule has 1 fully saturated rings. The average molecular weight is 223 g/mol. The van der Waals surface area contributed by atoms with Crippen molar-refractivity contribution in [2.45, 2.75) is 38.1 Å². The summed E-state index contributed by atoms with van der Waals surface area (Å²) in [5, 5.41) is 4.32. The van der Waals surface area contributed by atoms with E-state index in [0.29, 0.717) is 6.04 Å². The first kappa shape index (κ1) is 10.9.